The summed E-state index contributed by atoms with van der Waals surface area (Å²) in [5, 5.41) is 3.01. The van der Waals surface area contributed by atoms with Gasteiger partial charge in [0, 0.05) is 12.3 Å². The quantitative estimate of drug-likeness (QED) is 0.933. The Morgan fingerprint density at radius 3 is 2.62 bits per heavy atom. The molecule has 1 atom stereocenters. The van der Waals surface area contributed by atoms with Crippen LogP contribution in [0.25, 0.3) is 0 Å². The van der Waals surface area contributed by atoms with Crippen molar-refractivity contribution in [3.05, 3.63) is 65.7 Å². The number of hydrogen-bond donors (Lipinski definition) is 1. The summed E-state index contributed by atoms with van der Waals surface area (Å²) in [6.45, 7) is 0.684. The molecule has 3 heteroatoms. The Bertz CT molecular complexity index is 604. The minimum atomic E-state index is -0.296. The highest BCUT2D eigenvalue weighted by molar-refractivity contribution is 5.95. The van der Waals surface area contributed by atoms with Gasteiger partial charge in [-0.15, -0.1) is 0 Å². The summed E-state index contributed by atoms with van der Waals surface area (Å²) in [4.78, 5) is 12.2. The van der Waals surface area contributed by atoms with Crippen LogP contribution in [0, 0.1) is 0 Å². The molecule has 1 N–H and O–H groups in total. The lowest BCUT2D eigenvalue weighted by Gasteiger charge is -2.14. The molecule has 1 fully saturated rings. The van der Waals surface area contributed by atoms with Crippen LogP contribution in [-0.2, 0) is 16.0 Å². The smallest absolute Gasteiger partial charge is 0.253 e. The van der Waals surface area contributed by atoms with Crippen molar-refractivity contribution >= 4 is 11.6 Å². The van der Waals surface area contributed by atoms with Crippen molar-refractivity contribution in [2.45, 2.75) is 25.4 Å². The Morgan fingerprint density at radius 2 is 1.86 bits per heavy atom. The van der Waals surface area contributed by atoms with Crippen molar-refractivity contribution in [3.63, 3.8) is 0 Å². The number of nitrogens with one attached hydrogen (secondary N) is 1. The molecule has 1 heterocycles. The molecule has 21 heavy (non-hydrogen) atoms. The van der Waals surface area contributed by atoms with E-state index in [4.69, 9.17) is 4.74 Å². The molecule has 3 rings (SSSR count). The van der Waals surface area contributed by atoms with Crippen molar-refractivity contribution in [1.29, 1.82) is 0 Å². The van der Waals surface area contributed by atoms with Crippen molar-refractivity contribution in [3.8, 4) is 0 Å². The molecule has 2 aromatic rings. The van der Waals surface area contributed by atoms with Crippen LogP contribution in [0.1, 0.15) is 24.0 Å². The number of para-hydroxylation sites is 1. The lowest BCUT2D eigenvalue weighted by Crippen LogP contribution is -2.27. The van der Waals surface area contributed by atoms with E-state index in [-0.39, 0.29) is 12.0 Å². The van der Waals surface area contributed by atoms with Crippen LogP contribution in [0.15, 0.2) is 54.6 Å². The Morgan fingerprint density at radius 1 is 1.10 bits per heavy atom. The number of benzene rings is 2. The molecule has 0 radical (unpaired) electrons. The third kappa shape index (κ3) is 3.50. The van der Waals surface area contributed by atoms with Gasteiger partial charge in [0.1, 0.15) is 6.10 Å². The third-order valence-corrected chi connectivity index (χ3v) is 3.73. The van der Waals surface area contributed by atoms with E-state index >= 15 is 0 Å². The van der Waals surface area contributed by atoms with Crippen LogP contribution in [0.4, 0.5) is 5.69 Å². The number of amides is 1. The fourth-order valence-electron chi connectivity index (χ4n) is 2.61. The maximum absolute atomic E-state index is 12.2. The van der Waals surface area contributed by atoms with E-state index in [0.29, 0.717) is 6.61 Å². The average Bonchev–Trinajstić information content (AvgIpc) is 3.05. The van der Waals surface area contributed by atoms with Crippen molar-refractivity contribution in [1.82, 2.24) is 0 Å². The van der Waals surface area contributed by atoms with Gasteiger partial charge >= 0.3 is 0 Å². The van der Waals surface area contributed by atoms with Gasteiger partial charge in [-0.2, -0.15) is 0 Å². The van der Waals surface area contributed by atoms with Crippen LogP contribution in [0.5, 0.6) is 0 Å². The van der Waals surface area contributed by atoms with Gasteiger partial charge in [-0.1, -0.05) is 48.5 Å². The summed E-state index contributed by atoms with van der Waals surface area (Å²) < 4.78 is 5.43. The number of carbonyl (C=O) groups excluding carboxylic acids is 1. The lowest BCUT2D eigenvalue weighted by atomic mass is 10.0. The van der Waals surface area contributed by atoms with E-state index in [2.05, 4.69) is 23.5 Å². The summed E-state index contributed by atoms with van der Waals surface area (Å²) >= 11 is 0. The fraction of sp³-hybridized carbons (Fsp3) is 0.278. The molecule has 0 aliphatic carbocycles. The van der Waals surface area contributed by atoms with Crippen LogP contribution < -0.4 is 5.32 Å². The van der Waals surface area contributed by atoms with Crippen LogP contribution >= 0.6 is 0 Å². The van der Waals surface area contributed by atoms with E-state index in [0.717, 1.165) is 30.5 Å². The van der Waals surface area contributed by atoms with E-state index in [1.54, 1.807) is 0 Å². The van der Waals surface area contributed by atoms with E-state index in [1.165, 1.54) is 5.56 Å². The molecular formula is C18H19NO2. The first-order chi connectivity index (χ1) is 10.3. The molecule has 1 aliphatic heterocycles. The molecular weight excluding hydrogens is 262 g/mol. The van der Waals surface area contributed by atoms with Crippen molar-refractivity contribution in [2.24, 2.45) is 0 Å². The van der Waals surface area contributed by atoms with Gasteiger partial charge in [0.25, 0.3) is 5.91 Å². The number of rotatable bonds is 4. The molecule has 3 nitrogen and oxygen atoms in total. The standard InChI is InChI=1S/C18H19NO2/c20-18(17-11-6-12-21-17)19-16-10-5-4-9-15(16)13-14-7-2-1-3-8-14/h1-5,7-10,17H,6,11-13H2,(H,19,20). The monoisotopic (exact) mass is 281 g/mol. The highest BCUT2D eigenvalue weighted by Gasteiger charge is 2.23. The maximum Gasteiger partial charge on any atom is 0.253 e. The van der Waals surface area contributed by atoms with Gasteiger partial charge in [0.05, 0.1) is 0 Å². The highest BCUT2D eigenvalue weighted by Crippen LogP contribution is 2.21. The molecule has 1 unspecified atom stereocenters. The molecule has 1 aliphatic rings. The van der Waals surface area contributed by atoms with E-state index in [9.17, 15) is 4.79 Å². The van der Waals surface area contributed by atoms with Gasteiger partial charge < -0.3 is 10.1 Å². The first-order valence-corrected chi connectivity index (χ1v) is 7.37. The Balaban J connectivity index is 1.74. The largest absolute Gasteiger partial charge is 0.368 e. The molecule has 1 saturated heterocycles. The summed E-state index contributed by atoms with van der Waals surface area (Å²) in [7, 11) is 0. The zero-order valence-corrected chi connectivity index (χ0v) is 11.9. The van der Waals surface area contributed by atoms with Crippen LogP contribution in [0.2, 0.25) is 0 Å². The molecule has 0 bridgehead atoms. The molecule has 1 amide bonds. The third-order valence-electron chi connectivity index (χ3n) is 3.73. The lowest BCUT2D eigenvalue weighted by molar-refractivity contribution is -0.124. The van der Waals surface area contributed by atoms with Crippen molar-refractivity contribution < 1.29 is 9.53 Å². The van der Waals surface area contributed by atoms with E-state index in [1.807, 2.05) is 36.4 Å². The fourth-order valence-corrected chi connectivity index (χ4v) is 2.61. The highest BCUT2D eigenvalue weighted by atomic mass is 16.5. The number of hydrogen-bond acceptors (Lipinski definition) is 2. The normalized spacial score (nSPS) is 17.6. The molecule has 0 aromatic heterocycles. The Labute approximate surface area is 124 Å². The van der Waals surface area contributed by atoms with Crippen LogP contribution in [0.3, 0.4) is 0 Å². The second kappa shape index (κ2) is 6.55. The first kappa shape index (κ1) is 13.8. The number of carbonyl (C=O) groups is 1. The van der Waals surface area contributed by atoms with Crippen molar-refractivity contribution in [2.75, 3.05) is 11.9 Å². The average molecular weight is 281 g/mol. The summed E-state index contributed by atoms with van der Waals surface area (Å²) in [5.41, 5.74) is 3.23. The molecule has 2 aromatic carbocycles. The molecule has 0 spiro atoms. The second-order valence-corrected chi connectivity index (χ2v) is 5.31. The minimum absolute atomic E-state index is 0.0342. The summed E-state index contributed by atoms with van der Waals surface area (Å²) in [5.74, 6) is -0.0342. The van der Waals surface area contributed by atoms with Gasteiger partial charge in [-0.05, 0) is 36.5 Å². The molecule has 108 valence electrons. The Kier molecular flexibility index (Phi) is 4.31. The first-order valence-electron chi connectivity index (χ1n) is 7.37. The molecule has 0 saturated carbocycles. The topological polar surface area (TPSA) is 38.3 Å². The zero-order chi connectivity index (χ0) is 14.5. The van der Waals surface area contributed by atoms with Gasteiger partial charge in [0.2, 0.25) is 0 Å². The maximum atomic E-state index is 12.2. The SMILES string of the molecule is O=C(Nc1ccccc1Cc1ccccc1)C1CCCO1. The van der Waals surface area contributed by atoms with Gasteiger partial charge in [-0.25, -0.2) is 0 Å². The van der Waals surface area contributed by atoms with E-state index < -0.39 is 0 Å². The Hall–Kier alpha value is -2.13. The minimum Gasteiger partial charge on any atom is -0.368 e. The number of anilines is 1. The number of ether oxygens (including phenoxy) is 1. The predicted molar refractivity (Wildman–Crippen MR) is 83.3 cm³/mol. The summed E-state index contributed by atoms with van der Waals surface area (Å²) in [6.07, 6.45) is 2.29. The van der Waals surface area contributed by atoms with Gasteiger partial charge in [0.15, 0.2) is 0 Å². The second-order valence-electron chi connectivity index (χ2n) is 5.31. The van der Waals surface area contributed by atoms with Crippen LogP contribution in [-0.4, -0.2) is 18.6 Å². The van der Waals surface area contributed by atoms with Gasteiger partial charge in [-0.3, -0.25) is 4.79 Å². The predicted octanol–water partition coefficient (Wildman–Crippen LogP) is 3.39. The zero-order valence-electron chi connectivity index (χ0n) is 11.9. The summed E-state index contributed by atoms with van der Waals surface area (Å²) in [6, 6.07) is 18.2.